The smallest absolute Gasteiger partial charge is 0.336 e. The van der Waals surface area contributed by atoms with Crippen molar-refractivity contribution in [2.75, 3.05) is 0 Å². The van der Waals surface area contributed by atoms with Gasteiger partial charge in [-0.3, -0.25) is 9.36 Å². The van der Waals surface area contributed by atoms with Crippen molar-refractivity contribution in [3.8, 4) is 10.4 Å². The number of aryl methyl sites for hydroxylation is 1. The van der Waals surface area contributed by atoms with Crippen LogP contribution in [0.25, 0.3) is 31.6 Å². The molecule has 0 atom stereocenters. The monoisotopic (exact) mass is 446 g/mol. The Kier molecular flexibility index (Phi) is 5.00. The summed E-state index contributed by atoms with van der Waals surface area (Å²) < 4.78 is 6.92. The van der Waals surface area contributed by atoms with Crippen LogP contribution in [0.1, 0.15) is 11.1 Å². The van der Waals surface area contributed by atoms with Crippen LogP contribution in [0.5, 0.6) is 0 Å². The molecule has 5 rings (SSSR count). The summed E-state index contributed by atoms with van der Waals surface area (Å²) in [6.07, 6.45) is 0. The van der Waals surface area contributed by atoms with Crippen LogP contribution in [-0.4, -0.2) is 9.55 Å². The standard InChI is InChI=1S/C24H18N2O3S2/c1-14-8-9-17-16(11-21(27)29-19(17)10-14)13-30-24-25-22-18(23(28)26(24)2)12-20(31-22)15-6-4-3-5-7-15/h3-12H,13H2,1-2H3. The van der Waals surface area contributed by atoms with Gasteiger partial charge in [0.05, 0.1) is 5.39 Å². The number of benzene rings is 2. The van der Waals surface area contributed by atoms with Crippen LogP contribution < -0.4 is 11.2 Å². The van der Waals surface area contributed by atoms with E-state index in [0.29, 0.717) is 21.9 Å². The fourth-order valence-corrected chi connectivity index (χ4v) is 5.56. The second-order valence-electron chi connectivity index (χ2n) is 7.33. The van der Waals surface area contributed by atoms with Crippen LogP contribution in [-0.2, 0) is 12.8 Å². The third kappa shape index (κ3) is 3.71. The Morgan fingerprint density at radius 3 is 2.65 bits per heavy atom. The molecular formula is C24H18N2O3S2. The molecule has 0 saturated heterocycles. The van der Waals surface area contributed by atoms with Gasteiger partial charge in [0, 0.05) is 29.1 Å². The van der Waals surface area contributed by atoms with Crippen LogP contribution in [0.3, 0.4) is 0 Å². The summed E-state index contributed by atoms with van der Waals surface area (Å²) in [5.41, 5.74) is 3.09. The second kappa shape index (κ2) is 7.83. The maximum absolute atomic E-state index is 13.0. The molecule has 0 unspecified atom stereocenters. The number of hydrogen-bond acceptors (Lipinski definition) is 6. The van der Waals surface area contributed by atoms with E-state index in [4.69, 9.17) is 9.40 Å². The summed E-state index contributed by atoms with van der Waals surface area (Å²) in [5.74, 6) is 0.508. The van der Waals surface area contributed by atoms with Crippen LogP contribution >= 0.6 is 23.1 Å². The van der Waals surface area contributed by atoms with E-state index in [1.54, 1.807) is 11.6 Å². The summed E-state index contributed by atoms with van der Waals surface area (Å²) in [6, 6.07) is 19.2. The predicted molar refractivity (Wildman–Crippen MR) is 127 cm³/mol. The Morgan fingerprint density at radius 2 is 1.84 bits per heavy atom. The molecule has 0 N–H and O–H groups in total. The molecule has 31 heavy (non-hydrogen) atoms. The van der Waals surface area contributed by atoms with E-state index in [2.05, 4.69) is 0 Å². The van der Waals surface area contributed by atoms with Gasteiger partial charge in [-0.1, -0.05) is 54.2 Å². The first-order valence-corrected chi connectivity index (χ1v) is 11.5. The zero-order valence-electron chi connectivity index (χ0n) is 16.9. The molecule has 0 bridgehead atoms. The first-order valence-electron chi connectivity index (χ1n) is 9.72. The molecule has 3 heterocycles. The van der Waals surface area contributed by atoms with Crippen molar-refractivity contribution in [1.82, 2.24) is 9.55 Å². The average Bonchev–Trinajstić information content (AvgIpc) is 3.19. The normalized spacial score (nSPS) is 11.4. The van der Waals surface area contributed by atoms with Gasteiger partial charge in [0.2, 0.25) is 0 Å². The molecule has 154 valence electrons. The van der Waals surface area contributed by atoms with E-state index >= 15 is 0 Å². The van der Waals surface area contributed by atoms with Gasteiger partial charge < -0.3 is 4.42 Å². The van der Waals surface area contributed by atoms with Gasteiger partial charge in [0.15, 0.2) is 5.16 Å². The highest BCUT2D eigenvalue weighted by atomic mass is 32.2. The van der Waals surface area contributed by atoms with Gasteiger partial charge in [-0.25, -0.2) is 9.78 Å². The maximum Gasteiger partial charge on any atom is 0.336 e. The van der Waals surface area contributed by atoms with Crippen molar-refractivity contribution in [3.63, 3.8) is 0 Å². The molecule has 0 saturated carbocycles. The lowest BCUT2D eigenvalue weighted by molar-refractivity contribution is 0.559. The zero-order valence-corrected chi connectivity index (χ0v) is 18.5. The number of aromatic nitrogens is 2. The minimum absolute atomic E-state index is 0.0704. The van der Waals surface area contributed by atoms with Crippen LogP contribution in [0.2, 0.25) is 0 Å². The van der Waals surface area contributed by atoms with Crippen molar-refractivity contribution in [2.24, 2.45) is 7.05 Å². The lowest BCUT2D eigenvalue weighted by Crippen LogP contribution is -2.19. The first kappa shape index (κ1) is 19.8. The molecule has 0 aliphatic carbocycles. The molecule has 7 heteroatoms. The molecular weight excluding hydrogens is 428 g/mol. The van der Waals surface area contributed by atoms with Gasteiger partial charge in [-0.05, 0) is 35.7 Å². The molecule has 0 spiro atoms. The van der Waals surface area contributed by atoms with Gasteiger partial charge >= 0.3 is 5.63 Å². The van der Waals surface area contributed by atoms with E-state index in [9.17, 15) is 9.59 Å². The Bertz CT molecular complexity index is 1550. The van der Waals surface area contributed by atoms with Crippen LogP contribution in [0.4, 0.5) is 0 Å². The Morgan fingerprint density at radius 1 is 1.03 bits per heavy atom. The van der Waals surface area contributed by atoms with Crippen molar-refractivity contribution in [1.29, 1.82) is 0 Å². The lowest BCUT2D eigenvalue weighted by Gasteiger charge is -2.08. The SMILES string of the molecule is Cc1ccc2c(CSc3nc4sc(-c5ccccc5)cc4c(=O)n3C)cc(=O)oc2c1. The molecule has 0 fully saturated rings. The summed E-state index contributed by atoms with van der Waals surface area (Å²) in [7, 11) is 1.73. The fourth-order valence-electron chi connectivity index (χ4n) is 3.52. The van der Waals surface area contributed by atoms with Crippen LogP contribution in [0.15, 0.2) is 79.8 Å². The molecule has 0 aliphatic heterocycles. The van der Waals surface area contributed by atoms with Crippen LogP contribution in [0, 0.1) is 6.92 Å². The Labute approximate surface area is 186 Å². The highest BCUT2D eigenvalue weighted by Crippen LogP contribution is 2.33. The highest BCUT2D eigenvalue weighted by Gasteiger charge is 2.14. The van der Waals surface area contributed by atoms with Gasteiger partial charge in [-0.15, -0.1) is 11.3 Å². The predicted octanol–water partition coefficient (Wildman–Crippen LogP) is 5.37. The van der Waals surface area contributed by atoms with Crippen molar-refractivity contribution in [2.45, 2.75) is 17.8 Å². The number of fused-ring (bicyclic) bond motifs is 2. The summed E-state index contributed by atoms with van der Waals surface area (Å²) in [5, 5.41) is 2.13. The zero-order chi connectivity index (χ0) is 21.5. The third-order valence-corrected chi connectivity index (χ3v) is 7.29. The number of thioether (sulfide) groups is 1. The summed E-state index contributed by atoms with van der Waals surface area (Å²) in [4.78, 5) is 31.5. The number of hydrogen-bond donors (Lipinski definition) is 0. The Hall–Kier alpha value is -3.16. The molecule has 0 radical (unpaired) electrons. The molecule has 0 aliphatic rings. The van der Waals surface area contributed by atoms with E-state index in [0.717, 1.165) is 31.8 Å². The molecule has 0 amide bonds. The lowest BCUT2D eigenvalue weighted by atomic mass is 10.1. The molecule has 2 aromatic carbocycles. The first-order chi connectivity index (χ1) is 15.0. The molecule has 5 nitrogen and oxygen atoms in total. The van der Waals surface area contributed by atoms with Crippen molar-refractivity contribution >= 4 is 44.3 Å². The van der Waals surface area contributed by atoms with E-state index in [-0.39, 0.29) is 11.2 Å². The van der Waals surface area contributed by atoms with E-state index in [1.807, 2.05) is 61.5 Å². The highest BCUT2D eigenvalue weighted by molar-refractivity contribution is 7.98. The Balaban J connectivity index is 1.53. The number of rotatable bonds is 4. The van der Waals surface area contributed by atoms with Gasteiger partial charge in [0.25, 0.3) is 5.56 Å². The molecule has 3 aromatic heterocycles. The van der Waals surface area contributed by atoms with E-state index < -0.39 is 0 Å². The van der Waals surface area contributed by atoms with Gasteiger partial charge in [-0.2, -0.15) is 0 Å². The minimum atomic E-state index is -0.378. The number of thiophene rings is 1. The summed E-state index contributed by atoms with van der Waals surface area (Å²) in [6.45, 7) is 1.96. The van der Waals surface area contributed by atoms with Gasteiger partial charge in [0.1, 0.15) is 10.4 Å². The average molecular weight is 447 g/mol. The second-order valence-corrected chi connectivity index (χ2v) is 9.31. The van der Waals surface area contributed by atoms with Crippen molar-refractivity contribution < 1.29 is 4.42 Å². The summed E-state index contributed by atoms with van der Waals surface area (Å²) >= 11 is 2.95. The van der Waals surface area contributed by atoms with Crippen molar-refractivity contribution in [3.05, 3.63) is 92.6 Å². The quantitative estimate of drug-likeness (QED) is 0.211. The third-order valence-electron chi connectivity index (χ3n) is 5.13. The minimum Gasteiger partial charge on any atom is -0.423 e. The number of nitrogens with zero attached hydrogens (tertiary/aromatic N) is 2. The fraction of sp³-hybridized carbons (Fsp3) is 0.125. The molecule has 5 aromatic rings. The maximum atomic E-state index is 13.0. The largest absolute Gasteiger partial charge is 0.423 e. The van der Waals surface area contributed by atoms with E-state index in [1.165, 1.54) is 29.2 Å². The topological polar surface area (TPSA) is 65.1 Å².